The summed E-state index contributed by atoms with van der Waals surface area (Å²) in [6.45, 7) is -0.573. The van der Waals surface area contributed by atoms with Crippen LogP contribution < -0.4 is 4.74 Å². The van der Waals surface area contributed by atoms with Crippen molar-refractivity contribution in [1.29, 1.82) is 0 Å². The normalized spacial score (nSPS) is 16.9. The lowest BCUT2D eigenvalue weighted by Gasteiger charge is -2.22. The molecule has 176 valence electrons. The highest BCUT2D eigenvalue weighted by atomic mass is 16.6. The molecule has 35 heavy (non-hydrogen) atoms. The summed E-state index contributed by atoms with van der Waals surface area (Å²) in [6, 6.07) is 13.5. The summed E-state index contributed by atoms with van der Waals surface area (Å²) in [7, 11) is 1.56. The second kappa shape index (κ2) is 8.52. The number of amides is 3. The number of nitro groups is 1. The number of non-ortho nitro benzene ring substituents is 1. The number of benzene rings is 2. The van der Waals surface area contributed by atoms with Gasteiger partial charge in [-0.25, -0.2) is 5.01 Å². The number of hydrazone groups is 1. The van der Waals surface area contributed by atoms with Crippen LogP contribution in [-0.4, -0.2) is 51.9 Å². The van der Waals surface area contributed by atoms with Crippen LogP contribution in [0.25, 0.3) is 0 Å². The molecule has 2 aliphatic rings. The highest BCUT2D eigenvalue weighted by molar-refractivity contribution is 6.22. The number of fused-ring (bicyclic) bond motifs is 1. The van der Waals surface area contributed by atoms with Crippen molar-refractivity contribution in [2.75, 3.05) is 13.7 Å². The molecular weight excluding hydrogens is 456 g/mol. The van der Waals surface area contributed by atoms with Gasteiger partial charge in [-0.15, -0.1) is 0 Å². The molecular formula is C24H18N4O7. The van der Waals surface area contributed by atoms with E-state index in [0.717, 1.165) is 22.6 Å². The molecule has 0 saturated heterocycles. The van der Waals surface area contributed by atoms with Gasteiger partial charge in [0.2, 0.25) is 0 Å². The van der Waals surface area contributed by atoms with Crippen LogP contribution >= 0.6 is 0 Å². The molecule has 0 fully saturated rings. The number of imide groups is 1. The van der Waals surface area contributed by atoms with E-state index in [1.54, 1.807) is 31.4 Å². The van der Waals surface area contributed by atoms with Crippen molar-refractivity contribution in [2.45, 2.75) is 12.5 Å². The zero-order chi connectivity index (χ0) is 24.7. The Hall–Kier alpha value is -4.80. The van der Waals surface area contributed by atoms with Gasteiger partial charge < -0.3 is 9.15 Å². The van der Waals surface area contributed by atoms with Crippen molar-refractivity contribution in [3.05, 3.63) is 93.4 Å². The van der Waals surface area contributed by atoms with Crippen LogP contribution in [0, 0.1) is 10.1 Å². The molecule has 1 aromatic heterocycles. The molecule has 3 amide bonds. The first kappa shape index (κ1) is 22.0. The Morgan fingerprint density at radius 2 is 1.89 bits per heavy atom. The van der Waals surface area contributed by atoms with E-state index in [1.807, 2.05) is 12.1 Å². The maximum atomic E-state index is 13.3. The number of nitro benzene ring substituents is 1. The quantitative estimate of drug-likeness (QED) is 0.304. The number of carbonyl (C=O) groups is 3. The Balaban J connectivity index is 1.42. The van der Waals surface area contributed by atoms with Gasteiger partial charge in [0.05, 0.1) is 35.1 Å². The predicted molar refractivity (Wildman–Crippen MR) is 121 cm³/mol. The first-order valence-electron chi connectivity index (χ1n) is 10.6. The monoisotopic (exact) mass is 474 g/mol. The molecule has 5 rings (SSSR count). The van der Waals surface area contributed by atoms with Gasteiger partial charge in [0.25, 0.3) is 23.4 Å². The second-order valence-corrected chi connectivity index (χ2v) is 7.93. The first-order valence-corrected chi connectivity index (χ1v) is 10.6. The van der Waals surface area contributed by atoms with Crippen LogP contribution in [0.2, 0.25) is 0 Å². The highest BCUT2D eigenvalue weighted by Gasteiger charge is 2.41. The van der Waals surface area contributed by atoms with Gasteiger partial charge >= 0.3 is 0 Å². The van der Waals surface area contributed by atoms with E-state index in [0.29, 0.717) is 23.6 Å². The summed E-state index contributed by atoms with van der Waals surface area (Å²) in [5.74, 6) is -0.882. The SMILES string of the molecule is COc1ccc(C2=NN(C(=O)CN3C(=O)c4ccc([N+](=O)[O-])cc4C3=O)[C@@H](c3ccco3)C2)cc1. The molecule has 0 aliphatic carbocycles. The number of nitrogens with zero attached hydrogens (tertiary/aromatic N) is 4. The molecule has 0 spiro atoms. The Morgan fingerprint density at radius 3 is 2.54 bits per heavy atom. The molecule has 3 heterocycles. The lowest BCUT2D eigenvalue weighted by Crippen LogP contribution is -2.41. The lowest BCUT2D eigenvalue weighted by atomic mass is 10.0. The molecule has 3 aromatic rings. The van der Waals surface area contributed by atoms with E-state index in [9.17, 15) is 24.5 Å². The maximum absolute atomic E-state index is 13.3. The van der Waals surface area contributed by atoms with Gasteiger partial charge in [-0.3, -0.25) is 29.4 Å². The first-order chi connectivity index (χ1) is 16.9. The van der Waals surface area contributed by atoms with Gasteiger partial charge in [-0.2, -0.15) is 5.10 Å². The van der Waals surface area contributed by atoms with E-state index in [2.05, 4.69) is 5.10 Å². The van der Waals surface area contributed by atoms with E-state index in [-0.39, 0.29) is 16.8 Å². The number of furan rings is 1. The third kappa shape index (κ3) is 3.82. The number of methoxy groups -OCH3 is 1. The average Bonchev–Trinajstić information content (AvgIpc) is 3.60. The molecule has 1 atom stereocenters. The van der Waals surface area contributed by atoms with Crippen molar-refractivity contribution in [2.24, 2.45) is 5.10 Å². The second-order valence-electron chi connectivity index (χ2n) is 7.93. The third-order valence-corrected chi connectivity index (χ3v) is 5.92. The van der Waals surface area contributed by atoms with Gasteiger partial charge in [-0.1, -0.05) is 0 Å². The number of ether oxygens (including phenoxy) is 1. The molecule has 2 aliphatic heterocycles. The Morgan fingerprint density at radius 1 is 1.14 bits per heavy atom. The smallest absolute Gasteiger partial charge is 0.270 e. The standard InChI is InChI=1S/C24H18N4O7/c1-34-16-7-4-14(5-8-16)19-12-20(21-3-2-10-35-21)27(25-19)22(29)13-26-23(30)17-9-6-15(28(32)33)11-18(17)24(26)31/h2-11,20H,12-13H2,1H3/t20-/m1/s1. The molecule has 0 saturated carbocycles. The molecule has 0 N–H and O–H groups in total. The highest BCUT2D eigenvalue weighted by Crippen LogP contribution is 2.34. The Labute approximate surface area is 198 Å². The summed E-state index contributed by atoms with van der Waals surface area (Å²) in [5, 5.41) is 16.8. The summed E-state index contributed by atoms with van der Waals surface area (Å²) < 4.78 is 10.7. The van der Waals surface area contributed by atoms with Gasteiger partial charge in [0.1, 0.15) is 24.1 Å². The van der Waals surface area contributed by atoms with Gasteiger partial charge in [0.15, 0.2) is 0 Å². The lowest BCUT2D eigenvalue weighted by molar-refractivity contribution is -0.384. The zero-order valence-electron chi connectivity index (χ0n) is 18.4. The fraction of sp³-hybridized carbons (Fsp3) is 0.167. The average molecular weight is 474 g/mol. The largest absolute Gasteiger partial charge is 0.497 e. The maximum Gasteiger partial charge on any atom is 0.270 e. The van der Waals surface area contributed by atoms with Gasteiger partial charge in [-0.05, 0) is 48.0 Å². The summed E-state index contributed by atoms with van der Waals surface area (Å²) in [5.41, 5.74) is 0.999. The molecule has 11 heteroatoms. The summed E-state index contributed by atoms with van der Waals surface area (Å²) in [6.07, 6.45) is 1.85. The van der Waals surface area contributed by atoms with E-state index in [4.69, 9.17) is 9.15 Å². The molecule has 0 radical (unpaired) electrons. The van der Waals surface area contributed by atoms with Crippen LogP contribution in [0.15, 0.2) is 70.4 Å². The summed E-state index contributed by atoms with van der Waals surface area (Å²) >= 11 is 0. The van der Waals surface area contributed by atoms with Crippen molar-refractivity contribution in [3.8, 4) is 5.75 Å². The predicted octanol–water partition coefficient (Wildman–Crippen LogP) is 3.17. The minimum absolute atomic E-state index is 0.0137. The fourth-order valence-corrected chi connectivity index (χ4v) is 4.14. The van der Waals surface area contributed by atoms with E-state index in [1.165, 1.54) is 17.3 Å². The van der Waals surface area contributed by atoms with E-state index < -0.39 is 35.2 Å². The minimum Gasteiger partial charge on any atom is -0.497 e. The topological polar surface area (TPSA) is 136 Å². The van der Waals surface area contributed by atoms with Crippen LogP contribution in [0.1, 0.15) is 44.5 Å². The van der Waals surface area contributed by atoms with Crippen molar-refractivity contribution in [3.63, 3.8) is 0 Å². The fourth-order valence-electron chi connectivity index (χ4n) is 4.14. The Bertz CT molecular complexity index is 1380. The molecule has 11 nitrogen and oxygen atoms in total. The minimum atomic E-state index is -0.768. The number of carbonyl (C=O) groups excluding carboxylic acids is 3. The van der Waals surface area contributed by atoms with Crippen molar-refractivity contribution >= 4 is 29.1 Å². The number of rotatable bonds is 6. The van der Waals surface area contributed by atoms with Crippen LogP contribution in [0.5, 0.6) is 5.75 Å². The van der Waals surface area contributed by atoms with Crippen LogP contribution in [-0.2, 0) is 4.79 Å². The molecule has 0 bridgehead atoms. The van der Waals surface area contributed by atoms with Gasteiger partial charge in [0, 0.05) is 18.6 Å². The third-order valence-electron chi connectivity index (χ3n) is 5.92. The molecule has 2 aromatic carbocycles. The van der Waals surface area contributed by atoms with E-state index >= 15 is 0 Å². The summed E-state index contributed by atoms with van der Waals surface area (Å²) in [4.78, 5) is 50.1. The zero-order valence-corrected chi connectivity index (χ0v) is 18.4. The number of hydrogen-bond acceptors (Lipinski definition) is 8. The van der Waals surface area contributed by atoms with Crippen molar-refractivity contribution < 1.29 is 28.5 Å². The Kier molecular flexibility index (Phi) is 5.36. The van der Waals surface area contributed by atoms with Crippen LogP contribution in [0.4, 0.5) is 5.69 Å². The van der Waals surface area contributed by atoms with Crippen LogP contribution in [0.3, 0.4) is 0 Å². The molecule has 0 unspecified atom stereocenters. The number of hydrogen-bond donors (Lipinski definition) is 0. The van der Waals surface area contributed by atoms with Crippen molar-refractivity contribution in [1.82, 2.24) is 9.91 Å².